The average Bonchev–Trinajstić information content (AvgIpc) is 2.95. The molecule has 0 aliphatic rings. The Morgan fingerprint density at radius 3 is 2.91 bits per heavy atom. The quantitative estimate of drug-likeness (QED) is 0.879. The van der Waals surface area contributed by atoms with Crippen molar-refractivity contribution in [3.8, 4) is 5.75 Å². The first-order chi connectivity index (χ1) is 10.5. The molecule has 1 atom stereocenters. The molecule has 5 nitrogen and oxygen atoms in total. The fourth-order valence-corrected chi connectivity index (χ4v) is 2.09. The van der Waals surface area contributed by atoms with Gasteiger partial charge in [-0.3, -0.25) is 4.79 Å². The third-order valence-electron chi connectivity index (χ3n) is 3.45. The molecular formula is C16H20ClN3O2. The molecule has 0 saturated carbocycles. The van der Waals surface area contributed by atoms with Gasteiger partial charge in [-0.05, 0) is 44.0 Å². The van der Waals surface area contributed by atoms with E-state index in [0.717, 1.165) is 12.0 Å². The number of aromatic nitrogens is 2. The first-order valence-corrected chi connectivity index (χ1v) is 7.61. The summed E-state index contributed by atoms with van der Waals surface area (Å²) in [4.78, 5) is 12.0. The van der Waals surface area contributed by atoms with Gasteiger partial charge >= 0.3 is 0 Å². The lowest BCUT2D eigenvalue weighted by molar-refractivity contribution is -0.118. The molecule has 6 heteroatoms. The minimum absolute atomic E-state index is 0.0627. The first kappa shape index (κ1) is 16.4. The van der Waals surface area contributed by atoms with Crippen molar-refractivity contribution in [2.45, 2.75) is 33.2 Å². The minimum Gasteiger partial charge on any atom is -0.484 e. The van der Waals surface area contributed by atoms with Crippen LogP contribution in [0.3, 0.4) is 0 Å². The van der Waals surface area contributed by atoms with Crippen molar-refractivity contribution < 1.29 is 9.53 Å². The monoisotopic (exact) mass is 321 g/mol. The van der Waals surface area contributed by atoms with Gasteiger partial charge in [0.15, 0.2) is 6.61 Å². The molecule has 1 aromatic heterocycles. The van der Waals surface area contributed by atoms with Crippen LogP contribution in [0, 0.1) is 6.92 Å². The molecule has 0 aliphatic heterocycles. The molecule has 0 bridgehead atoms. The second-order valence-corrected chi connectivity index (χ2v) is 5.57. The van der Waals surface area contributed by atoms with Gasteiger partial charge in [-0.15, -0.1) is 0 Å². The van der Waals surface area contributed by atoms with Crippen molar-refractivity contribution in [3.05, 3.63) is 41.0 Å². The van der Waals surface area contributed by atoms with Crippen LogP contribution >= 0.6 is 11.6 Å². The highest BCUT2D eigenvalue weighted by atomic mass is 35.5. The number of hydrogen-bond acceptors (Lipinski definition) is 3. The smallest absolute Gasteiger partial charge is 0.263 e. The van der Waals surface area contributed by atoms with E-state index >= 15 is 0 Å². The van der Waals surface area contributed by atoms with Crippen LogP contribution in [0.4, 0.5) is 5.82 Å². The van der Waals surface area contributed by atoms with Crippen molar-refractivity contribution in [2.24, 2.45) is 0 Å². The number of carbonyl (C=O) groups is 1. The van der Waals surface area contributed by atoms with Gasteiger partial charge in [-0.2, -0.15) is 5.10 Å². The molecule has 2 aromatic rings. The van der Waals surface area contributed by atoms with Gasteiger partial charge in [0.05, 0.1) is 12.2 Å². The van der Waals surface area contributed by atoms with E-state index in [0.29, 0.717) is 16.6 Å². The zero-order valence-corrected chi connectivity index (χ0v) is 13.7. The van der Waals surface area contributed by atoms with E-state index in [9.17, 15) is 4.79 Å². The van der Waals surface area contributed by atoms with Gasteiger partial charge in [-0.25, -0.2) is 4.68 Å². The number of rotatable bonds is 6. The number of carbonyl (C=O) groups excluding carboxylic acids is 1. The average molecular weight is 322 g/mol. The fraction of sp³-hybridized carbons (Fsp3) is 0.375. The van der Waals surface area contributed by atoms with Crippen molar-refractivity contribution >= 4 is 23.3 Å². The summed E-state index contributed by atoms with van der Waals surface area (Å²) in [6.07, 6.45) is 2.61. The molecule has 1 N–H and O–H groups in total. The number of halogens is 1. The number of aryl methyl sites for hydroxylation is 1. The molecule has 1 amide bonds. The van der Waals surface area contributed by atoms with Crippen LogP contribution < -0.4 is 10.1 Å². The summed E-state index contributed by atoms with van der Waals surface area (Å²) in [5.41, 5.74) is 0.912. The standard InChI is InChI=1S/C16H20ClN3O2/c1-4-12(3)20-15(7-8-18-20)19-16(21)10-22-13-5-6-14(17)11(2)9-13/h5-9,12H,4,10H2,1-3H3,(H,19,21)/t12-/m1/s1. The molecule has 118 valence electrons. The van der Waals surface area contributed by atoms with Crippen molar-refractivity contribution in [2.75, 3.05) is 11.9 Å². The van der Waals surface area contributed by atoms with Gasteiger partial charge in [0.1, 0.15) is 11.6 Å². The van der Waals surface area contributed by atoms with Crippen molar-refractivity contribution in [1.82, 2.24) is 9.78 Å². The van der Waals surface area contributed by atoms with Crippen LogP contribution in [0.15, 0.2) is 30.5 Å². The molecular weight excluding hydrogens is 302 g/mol. The van der Waals surface area contributed by atoms with E-state index in [2.05, 4.69) is 24.3 Å². The van der Waals surface area contributed by atoms with E-state index in [4.69, 9.17) is 16.3 Å². The van der Waals surface area contributed by atoms with Gasteiger partial charge in [0.25, 0.3) is 5.91 Å². The number of nitrogens with zero attached hydrogens (tertiary/aromatic N) is 2. The van der Waals surface area contributed by atoms with Gasteiger partial charge in [0, 0.05) is 11.1 Å². The Labute approximate surface area is 135 Å². The Morgan fingerprint density at radius 1 is 1.45 bits per heavy atom. The summed E-state index contributed by atoms with van der Waals surface area (Å²) in [6.45, 7) is 5.95. The second kappa shape index (κ2) is 7.31. The van der Waals surface area contributed by atoms with Crippen LogP contribution in [-0.4, -0.2) is 22.3 Å². The van der Waals surface area contributed by atoms with E-state index < -0.39 is 0 Å². The number of ether oxygens (including phenoxy) is 1. The van der Waals surface area contributed by atoms with Gasteiger partial charge < -0.3 is 10.1 Å². The maximum absolute atomic E-state index is 12.0. The van der Waals surface area contributed by atoms with Gasteiger partial charge in [0.2, 0.25) is 0 Å². The molecule has 1 aromatic carbocycles. The third-order valence-corrected chi connectivity index (χ3v) is 3.87. The van der Waals surface area contributed by atoms with E-state index in [-0.39, 0.29) is 18.6 Å². The van der Waals surface area contributed by atoms with Crippen LogP contribution in [0.5, 0.6) is 5.75 Å². The molecule has 1 heterocycles. The van der Waals surface area contributed by atoms with Crippen molar-refractivity contribution in [3.63, 3.8) is 0 Å². The number of nitrogens with one attached hydrogen (secondary N) is 1. The highest BCUT2D eigenvalue weighted by Crippen LogP contribution is 2.21. The minimum atomic E-state index is -0.224. The molecule has 22 heavy (non-hydrogen) atoms. The number of amides is 1. The third kappa shape index (κ3) is 4.01. The number of hydrogen-bond donors (Lipinski definition) is 1. The lowest BCUT2D eigenvalue weighted by atomic mass is 10.2. The molecule has 0 aliphatic carbocycles. The Kier molecular flexibility index (Phi) is 5.44. The first-order valence-electron chi connectivity index (χ1n) is 7.23. The molecule has 0 radical (unpaired) electrons. The maximum atomic E-state index is 12.0. The zero-order chi connectivity index (χ0) is 16.1. The summed E-state index contributed by atoms with van der Waals surface area (Å²) in [5, 5.41) is 7.71. The SMILES string of the molecule is CC[C@@H](C)n1nccc1NC(=O)COc1ccc(Cl)c(C)c1. The lowest BCUT2D eigenvalue weighted by Gasteiger charge is -2.14. The summed E-state index contributed by atoms with van der Waals surface area (Å²) in [6, 6.07) is 7.30. The highest BCUT2D eigenvalue weighted by Gasteiger charge is 2.11. The number of anilines is 1. The Bertz CT molecular complexity index is 655. The summed E-state index contributed by atoms with van der Waals surface area (Å²) in [5.74, 6) is 1.07. The molecule has 0 fully saturated rings. The van der Waals surface area contributed by atoms with E-state index in [1.54, 1.807) is 35.1 Å². The molecule has 0 saturated heterocycles. The Balaban J connectivity index is 1.93. The fourth-order valence-electron chi connectivity index (χ4n) is 1.97. The van der Waals surface area contributed by atoms with Crippen LogP contribution in [-0.2, 0) is 4.79 Å². The van der Waals surface area contributed by atoms with Crippen LogP contribution in [0.25, 0.3) is 0 Å². The summed E-state index contributed by atoms with van der Waals surface area (Å²) < 4.78 is 7.27. The predicted octanol–water partition coefficient (Wildman–Crippen LogP) is 3.83. The largest absolute Gasteiger partial charge is 0.484 e. The second-order valence-electron chi connectivity index (χ2n) is 5.17. The van der Waals surface area contributed by atoms with Crippen molar-refractivity contribution in [1.29, 1.82) is 0 Å². The zero-order valence-electron chi connectivity index (χ0n) is 13.0. The predicted molar refractivity (Wildman–Crippen MR) is 87.5 cm³/mol. The topological polar surface area (TPSA) is 56.2 Å². The molecule has 0 spiro atoms. The van der Waals surface area contributed by atoms with E-state index in [1.807, 2.05) is 6.92 Å². The lowest BCUT2D eigenvalue weighted by Crippen LogP contribution is -2.23. The Morgan fingerprint density at radius 2 is 2.23 bits per heavy atom. The highest BCUT2D eigenvalue weighted by molar-refractivity contribution is 6.31. The van der Waals surface area contributed by atoms with Crippen LogP contribution in [0.2, 0.25) is 5.02 Å². The van der Waals surface area contributed by atoms with Crippen LogP contribution in [0.1, 0.15) is 31.9 Å². The van der Waals surface area contributed by atoms with Gasteiger partial charge in [-0.1, -0.05) is 18.5 Å². The molecule has 2 rings (SSSR count). The molecule has 0 unspecified atom stereocenters. The van der Waals surface area contributed by atoms with E-state index in [1.165, 1.54) is 0 Å². The number of benzene rings is 1. The Hall–Kier alpha value is -2.01. The normalized spacial score (nSPS) is 12.0. The maximum Gasteiger partial charge on any atom is 0.263 e. The summed E-state index contributed by atoms with van der Waals surface area (Å²) in [7, 11) is 0. The summed E-state index contributed by atoms with van der Waals surface area (Å²) >= 11 is 5.95.